The van der Waals surface area contributed by atoms with E-state index in [-0.39, 0.29) is 5.75 Å². The van der Waals surface area contributed by atoms with Gasteiger partial charge in [-0.15, -0.1) is 11.8 Å². The number of amides is 2. The molecular weight excluding hydrogens is 388 g/mol. The van der Waals surface area contributed by atoms with Crippen LogP contribution in [0.3, 0.4) is 0 Å². The van der Waals surface area contributed by atoms with E-state index >= 15 is 0 Å². The van der Waals surface area contributed by atoms with E-state index in [4.69, 9.17) is 16.3 Å². The second kappa shape index (κ2) is 9.99. The molecule has 0 unspecified atom stereocenters. The van der Waals surface area contributed by atoms with Crippen LogP contribution in [0, 0.1) is 13.8 Å². The van der Waals surface area contributed by atoms with E-state index in [1.54, 1.807) is 12.1 Å². The largest absolute Gasteiger partial charge is 0.455 e. The van der Waals surface area contributed by atoms with E-state index in [0.29, 0.717) is 10.6 Å². The highest BCUT2D eigenvalue weighted by atomic mass is 35.5. The van der Waals surface area contributed by atoms with Gasteiger partial charge in [0.15, 0.2) is 6.61 Å². The number of hydrogen-bond donors (Lipinski definition) is 2. The Morgan fingerprint density at radius 2 is 1.70 bits per heavy atom. The van der Waals surface area contributed by atoms with Crippen molar-refractivity contribution in [1.29, 1.82) is 0 Å². The number of ether oxygens (including phenoxy) is 1. The van der Waals surface area contributed by atoms with Gasteiger partial charge < -0.3 is 4.74 Å². The van der Waals surface area contributed by atoms with Crippen LogP contribution in [0.5, 0.6) is 0 Å². The zero-order valence-corrected chi connectivity index (χ0v) is 16.4. The highest BCUT2D eigenvalue weighted by Gasteiger charge is 2.10. The maximum Gasteiger partial charge on any atom is 0.316 e. The smallest absolute Gasteiger partial charge is 0.316 e. The Bertz CT molecular complexity index is 840. The number of rotatable bonds is 6. The van der Waals surface area contributed by atoms with Crippen molar-refractivity contribution in [2.24, 2.45) is 0 Å². The van der Waals surface area contributed by atoms with Crippen LogP contribution in [0.25, 0.3) is 0 Å². The molecular formula is C19H19ClN2O4S. The van der Waals surface area contributed by atoms with Crippen LogP contribution in [0.15, 0.2) is 47.4 Å². The number of benzene rings is 2. The Hall–Kier alpha value is -2.51. The van der Waals surface area contributed by atoms with Crippen LogP contribution in [-0.4, -0.2) is 30.1 Å². The topological polar surface area (TPSA) is 84.5 Å². The van der Waals surface area contributed by atoms with E-state index in [0.717, 1.165) is 10.5 Å². The SMILES string of the molecule is Cc1ccc(SCC(=O)OCC(=O)NNC(=O)c2ccc(Cl)cc2)cc1C. The quantitative estimate of drug-likeness (QED) is 0.437. The van der Waals surface area contributed by atoms with Crippen molar-refractivity contribution in [3.63, 3.8) is 0 Å². The fourth-order valence-electron chi connectivity index (χ4n) is 1.97. The van der Waals surface area contributed by atoms with E-state index in [1.165, 1.54) is 29.5 Å². The lowest BCUT2D eigenvalue weighted by Gasteiger charge is -2.08. The monoisotopic (exact) mass is 406 g/mol. The third kappa shape index (κ3) is 6.96. The molecule has 0 aromatic heterocycles. The number of hydrazine groups is 1. The molecule has 0 heterocycles. The minimum atomic E-state index is -0.637. The molecule has 2 N–H and O–H groups in total. The Balaban J connectivity index is 1.68. The summed E-state index contributed by atoms with van der Waals surface area (Å²) < 4.78 is 4.89. The second-order valence-electron chi connectivity index (χ2n) is 5.70. The lowest BCUT2D eigenvalue weighted by Crippen LogP contribution is -2.43. The Labute approximate surface area is 166 Å². The lowest BCUT2D eigenvalue weighted by molar-refractivity contribution is -0.146. The molecule has 2 rings (SSSR count). The van der Waals surface area contributed by atoms with Gasteiger partial charge in [-0.2, -0.15) is 0 Å². The molecule has 2 aromatic carbocycles. The summed E-state index contributed by atoms with van der Waals surface area (Å²) in [5.41, 5.74) is 7.07. The summed E-state index contributed by atoms with van der Waals surface area (Å²) in [4.78, 5) is 36.2. The van der Waals surface area contributed by atoms with Gasteiger partial charge in [0.25, 0.3) is 11.8 Å². The first-order chi connectivity index (χ1) is 12.8. The standard InChI is InChI=1S/C19H19ClN2O4S/c1-12-3-8-16(9-13(12)2)27-11-18(24)26-10-17(23)21-22-19(25)14-4-6-15(20)7-5-14/h3-9H,10-11H2,1-2H3,(H,21,23)(H,22,25). The van der Waals surface area contributed by atoms with Crippen molar-refractivity contribution < 1.29 is 19.1 Å². The second-order valence-corrected chi connectivity index (χ2v) is 7.19. The first-order valence-electron chi connectivity index (χ1n) is 8.05. The molecule has 0 aliphatic rings. The first kappa shape index (κ1) is 20.8. The molecule has 0 saturated heterocycles. The van der Waals surface area contributed by atoms with Gasteiger partial charge >= 0.3 is 5.97 Å². The zero-order chi connectivity index (χ0) is 19.8. The number of carbonyl (C=O) groups excluding carboxylic acids is 3. The minimum absolute atomic E-state index is 0.0902. The molecule has 0 aliphatic carbocycles. The molecule has 0 saturated carbocycles. The van der Waals surface area contributed by atoms with Crippen LogP contribution in [0.2, 0.25) is 5.02 Å². The fourth-order valence-corrected chi connectivity index (χ4v) is 2.89. The molecule has 8 heteroatoms. The summed E-state index contributed by atoms with van der Waals surface area (Å²) in [5.74, 6) is -1.57. The van der Waals surface area contributed by atoms with Crippen LogP contribution in [0.4, 0.5) is 0 Å². The summed E-state index contributed by atoms with van der Waals surface area (Å²) in [6.45, 7) is 3.54. The van der Waals surface area contributed by atoms with Crippen LogP contribution in [0.1, 0.15) is 21.5 Å². The number of aryl methyl sites for hydroxylation is 2. The van der Waals surface area contributed by atoms with Crippen molar-refractivity contribution in [3.05, 3.63) is 64.2 Å². The summed E-state index contributed by atoms with van der Waals surface area (Å²) in [5, 5.41) is 0.501. The number of thioether (sulfide) groups is 1. The predicted octanol–water partition coefficient (Wildman–Crippen LogP) is 3.05. The molecule has 142 valence electrons. The molecule has 6 nitrogen and oxygen atoms in total. The lowest BCUT2D eigenvalue weighted by atomic mass is 10.1. The highest BCUT2D eigenvalue weighted by molar-refractivity contribution is 8.00. The first-order valence-corrected chi connectivity index (χ1v) is 9.42. The van der Waals surface area contributed by atoms with E-state index in [9.17, 15) is 14.4 Å². The van der Waals surface area contributed by atoms with Gasteiger partial charge in [-0.1, -0.05) is 17.7 Å². The van der Waals surface area contributed by atoms with E-state index < -0.39 is 24.4 Å². The van der Waals surface area contributed by atoms with Gasteiger partial charge in [0, 0.05) is 15.5 Å². The van der Waals surface area contributed by atoms with Crippen LogP contribution in [-0.2, 0) is 14.3 Å². The number of halogens is 1. The van der Waals surface area contributed by atoms with Crippen molar-refractivity contribution in [2.45, 2.75) is 18.7 Å². The number of hydrogen-bond acceptors (Lipinski definition) is 5. The Morgan fingerprint density at radius 3 is 2.37 bits per heavy atom. The molecule has 0 radical (unpaired) electrons. The van der Waals surface area contributed by atoms with Crippen molar-refractivity contribution in [3.8, 4) is 0 Å². The number of nitrogens with one attached hydrogen (secondary N) is 2. The van der Waals surface area contributed by atoms with Crippen LogP contribution >= 0.6 is 23.4 Å². The van der Waals surface area contributed by atoms with Gasteiger partial charge in [0.1, 0.15) is 0 Å². The van der Waals surface area contributed by atoms with Gasteiger partial charge in [0.05, 0.1) is 5.75 Å². The molecule has 0 aliphatic heterocycles. The summed E-state index contributed by atoms with van der Waals surface area (Å²) >= 11 is 7.08. The van der Waals surface area contributed by atoms with Gasteiger partial charge in [0.2, 0.25) is 0 Å². The number of carbonyl (C=O) groups is 3. The number of esters is 1. The Kier molecular flexibility index (Phi) is 7.69. The zero-order valence-electron chi connectivity index (χ0n) is 14.9. The van der Waals surface area contributed by atoms with Gasteiger partial charge in [-0.05, 0) is 61.4 Å². The summed E-state index contributed by atoms with van der Waals surface area (Å²) in [6.07, 6.45) is 0. The maximum atomic E-state index is 11.8. The normalized spacial score (nSPS) is 10.2. The predicted molar refractivity (Wildman–Crippen MR) is 105 cm³/mol. The van der Waals surface area contributed by atoms with Crippen molar-refractivity contribution in [2.75, 3.05) is 12.4 Å². The molecule has 0 bridgehead atoms. The molecule has 0 fully saturated rings. The average molecular weight is 407 g/mol. The van der Waals surface area contributed by atoms with Crippen molar-refractivity contribution in [1.82, 2.24) is 10.9 Å². The molecule has 27 heavy (non-hydrogen) atoms. The van der Waals surface area contributed by atoms with Gasteiger partial charge in [-0.3, -0.25) is 25.2 Å². The van der Waals surface area contributed by atoms with Crippen molar-refractivity contribution >= 4 is 41.1 Å². The van der Waals surface area contributed by atoms with E-state index in [2.05, 4.69) is 10.9 Å². The third-order valence-corrected chi connectivity index (χ3v) is 4.84. The molecule has 0 atom stereocenters. The van der Waals surface area contributed by atoms with Gasteiger partial charge in [-0.25, -0.2) is 0 Å². The van der Waals surface area contributed by atoms with E-state index in [1.807, 2.05) is 32.0 Å². The summed E-state index contributed by atoms with van der Waals surface area (Å²) in [6, 6.07) is 12.1. The molecule has 2 amide bonds. The van der Waals surface area contributed by atoms with Crippen LogP contribution < -0.4 is 10.9 Å². The molecule has 0 spiro atoms. The maximum absolute atomic E-state index is 11.8. The highest BCUT2D eigenvalue weighted by Crippen LogP contribution is 2.21. The third-order valence-electron chi connectivity index (χ3n) is 3.62. The fraction of sp³-hybridized carbons (Fsp3) is 0.211. The summed E-state index contributed by atoms with van der Waals surface area (Å²) in [7, 11) is 0. The Morgan fingerprint density at radius 1 is 1.00 bits per heavy atom. The minimum Gasteiger partial charge on any atom is -0.455 e. The average Bonchev–Trinajstić information content (AvgIpc) is 2.66. The molecule has 2 aromatic rings.